The molecule has 0 aromatic heterocycles. The summed E-state index contributed by atoms with van der Waals surface area (Å²) >= 11 is 5.75. The predicted octanol–water partition coefficient (Wildman–Crippen LogP) is 3.02. The van der Waals surface area contributed by atoms with Gasteiger partial charge < -0.3 is 4.74 Å². The molecule has 1 aliphatic rings. The summed E-state index contributed by atoms with van der Waals surface area (Å²) in [6, 6.07) is 7.40. The molecule has 1 aliphatic heterocycles. The number of benzene rings is 1. The van der Waals surface area contributed by atoms with Crippen LogP contribution in [0.4, 0.5) is 0 Å². The van der Waals surface area contributed by atoms with E-state index in [1.165, 1.54) is 0 Å². The Kier molecular flexibility index (Phi) is 2.55. The highest BCUT2D eigenvalue weighted by Gasteiger charge is 2.16. The third kappa shape index (κ3) is 2.15. The molecule has 0 unspecified atom stereocenters. The fraction of sp³-hybridized carbons (Fsp3) is 0.182. The zero-order valence-electron chi connectivity index (χ0n) is 7.50. The topological polar surface area (TPSA) is 26.3 Å². The van der Waals surface area contributed by atoms with E-state index in [-0.39, 0.29) is 5.97 Å². The fourth-order valence-corrected chi connectivity index (χ4v) is 1.45. The zero-order valence-corrected chi connectivity index (χ0v) is 8.25. The molecule has 1 saturated heterocycles. The van der Waals surface area contributed by atoms with Crippen LogP contribution < -0.4 is 0 Å². The molecule has 1 heterocycles. The summed E-state index contributed by atoms with van der Waals surface area (Å²) in [6.07, 6.45) is 3.04. The molecule has 3 heteroatoms. The van der Waals surface area contributed by atoms with Crippen LogP contribution in [0.3, 0.4) is 0 Å². The third-order valence-electron chi connectivity index (χ3n) is 2.02. The van der Waals surface area contributed by atoms with Crippen LogP contribution in [0, 0.1) is 0 Å². The lowest BCUT2D eigenvalue weighted by atomic mass is 10.2. The summed E-state index contributed by atoms with van der Waals surface area (Å²) in [6.45, 7) is 0. The van der Waals surface area contributed by atoms with E-state index in [1.807, 2.05) is 30.3 Å². The van der Waals surface area contributed by atoms with Crippen LogP contribution in [0.25, 0.3) is 6.08 Å². The maximum atomic E-state index is 10.8. The van der Waals surface area contributed by atoms with Crippen molar-refractivity contribution < 1.29 is 9.53 Å². The molecule has 0 spiro atoms. The molecule has 1 aromatic carbocycles. The lowest BCUT2D eigenvalue weighted by Gasteiger charge is -1.97. The third-order valence-corrected chi connectivity index (χ3v) is 2.27. The maximum Gasteiger partial charge on any atom is 0.311 e. The monoisotopic (exact) mass is 208 g/mol. The molecular weight excluding hydrogens is 200 g/mol. The van der Waals surface area contributed by atoms with Crippen LogP contribution in [0.5, 0.6) is 0 Å². The average Bonchev–Trinajstić information content (AvgIpc) is 2.56. The van der Waals surface area contributed by atoms with Gasteiger partial charge in [-0.3, -0.25) is 4.79 Å². The SMILES string of the molecule is O=C1CCC(=Cc2ccc(Cl)cc2)O1. The maximum absolute atomic E-state index is 10.8. The molecule has 0 atom stereocenters. The van der Waals surface area contributed by atoms with E-state index in [2.05, 4.69) is 0 Å². The van der Waals surface area contributed by atoms with Crippen molar-refractivity contribution in [2.45, 2.75) is 12.8 Å². The summed E-state index contributed by atoms with van der Waals surface area (Å²) in [5, 5.41) is 0.704. The van der Waals surface area contributed by atoms with Gasteiger partial charge >= 0.3 is 5.97 Å². The number of carbonyl (C=O) groups excluding carboxylic acids is 1. The molecule has 0 aliphatic carbocycles. The molecular formula is C11H9ClO2. The first-order chi connectivity index (χ1) is 6.74. The molecule has 1 aromatic rings. The normalized spacial score (nSPS) is 18.6. The number of ether oxygens (including phenoxy) is 1. The molecule has 72 valence electrons. The number of rotatable bonds is 1. The van der Waals surface area contributed by atoms with Crippen LogP contribution in [0.15, 0.2) is 30.0 Å². The second-order valence-electron chi connectivity index (χ2n) is 3.14. The number of esters is 1. The zero-order chi connectivity index (χ0) is 9.97. The minimum absolute atomic E-state index is 0.148. The largest absolute Gasteiger partial charge is 0.431 e. The van der Waals surface area contributed by atoms with Crippen molar-refractivity contribution in [3.05, 3.63) is 40.6 Å². The smallest absolute Gasteiger partial charge is 0.311 e. The van der Waals surface area contributed by atoms with Crippen LogP contribution >= 0.6 is 11.6 Å². The standard InChI is InChI=1S/C11H9ClO2/c12-9-3-1-8(2-4-9)7-10-5-6-11(13)14-10/h1-4,7H,5-6H2. The fourth-order valence-electron chi connectivity index (χ4n) is 1.32. The molecule has 1 fully saturated rings. The van der Waals surface area contributed by atoms with Gasteiger partial charge in [-0.2, -0.15) is 0 Å². The first-order valence-electron chi connectivity index (χ1n) is 4.41. The summed E-state index contributed by atoms with van der Waals surface area (Å²) in [5.41, 5.74) is 0.999. The Hall–Kier alpha value is -1.28. The average molecular weight is 209 g/mol. The van der Waals surface area contributed by atoms with Crippen molar-refractivity contribution >= 4 is 23.6 Å². The second kappa shape index (κ2) is 3.84. The molecule has 0 radical (unpaired) electrons. The van der Waals surface area contributed by atoms with Crippen LogP contribution in [-0.2, 0) is 9.53 Å². The Morgan fingerprint density at radius 2 is 1.93 bits per heavy atom. The Bertz CT molecular complexity index is 379. The van der Waals surface area contributed by atoms with Gasteiger partial charge in [-0.25, -0.2) is 0 Å². The minimum atomic E-state index is -0.148. The molecule has 2 nitrogen and oxygen atoms in total. The van der Waals surface area contributed by atoms with Crippen molar-refractivity contribution in [3.63, 3.8) is 0 Å². The summed E-state index contributed by atoms with van der Waals surface area (Å²) in [5.74, 6) is 0.586. The van der Waals surface area contributed by atoms with Gasteiger partial charge in [-0.15, -0.1) is 0 Å². The van der Waals surface area contributed by atoms with Crippen LogP contribution in [0.2, 0.25) is 5.02 Å². The molecule has 0 N–H and O–H groups in total. The summed E-state index contributed by atoms with van der Waals surface area (Å²) < 4.78 is 4.98. The molecule has 0 saturated carbocycles. The number of carbonyl (C=O) groups is 1. The summed E-state index contributed by atoms with van der Waals surface area (Å²) in [4.78, 5) is 10.8. The predicted molar refractivity (Wildman–Crippen MR) is 54.8 cm³/mol. The van der Waals surface area contributed by atoms with E-state index in [4.69, 9.17) is 16.3 Å². The highest BCUT2D eigenvalue weighted by molar-refractivity contribution is 6.30. The number of halogens is 1. The van der Waals surface area contributed by atoms with Crippen LogP contribution in [0.1, 0.15) is 18.4 Å². The van der Waals surface area contributed by atoms with Crippen LogP contribution in [-0.4, -0.2) is 5.97 Å². The van der Waals surface area contributed by atoms with Gasteiger partial charge in [0.2, 0.25) is 0 Å². The van der Waals surface area contributed by atoms with Gasteiger partial charge in [0.15, 0.2) is 0 Å². The molecule has 0 amide bonds. The quantitative estimate of drug-likeness (QED) is 0.664. The Balaban J connectivity index is 2.17. The van der Waals surface area contributed by atoms with Crippen molar-refractivity contribution in [1.29, 1.82) is 0 Å². The lowest BCUT2D eigenvalue weighted by molar-refractivity contribution is -0.135. The van der Waals surface area contributed by atoms with Gasteiger partial charge in [-0.05, 0) is 23.8 Å². The van der Waals surface area contributed by atoms with E-state index in [0.717, 1.165) is 11.3 Å². The highest BCUT2D eigenvalue weighted by Crippen LogP contribution is 2.21. The van der Waals surface area contributed by atoms with Gasteiger partial charge in [0.1, 0.15) is 5.76 Å². The molecule has 14 heavy (non-hydrogen) atoms. The summed E-state index contributed by atoms with van der Waals surface area (Å²) in [7, 11) is 0. The first kappa shape index (κ1) is 9.28. The van der Waals surface area contributed by atoms with E-state index in [1.54, 1.807) is 0 Å². The Labute approximate surface area is 87.1 Å². The van der Waals surface area contributed by atoms with Gasteiger partial charge in [-0.1, -0.05) is 23.7 Å². The Morgan fingerprint density at radius 1 is 1.21 bits per heavy atom. The minimum Gasteiger partial charge on any atom is -0.431 e. The molecule has 2 rings (SSSR count). The first-order valence-corrected chi connectivity index (χ1v) is 4.79. The van der Waals surface area contributed by atoms with Crippen molar-refractivity contribution in [1.82, 2.24) is 0 Å². The number of hydrogen-bond donors (Lipinski definition) is 0. The number of hydrogen-bond acceptors (Lipinski definition) is 2. The Morgan fingerprint density at radius 3 is 2.50 bits per heavy atom. The number of allylic oxidation sites excluding steroid dienone is 1. The van der Waals surface area contributed by atoms with Crippen molar-refractivity contribution in [3.8, 4) is 0 Å². The van der Waals surface area contributed by atoms with E-state index in [0.29, 0.717) is 17.9 Å². The number of cyclic esters (lactones) is 1. The van der Waals surface area contributed by atoms with Crippen molar-refractivity contribution in [2.75, 3.05) is 0 Å². The lowest BCUT2D eigenvalue weighted by Crippen LogP contribution is -1.88. The second-order valence-corrected chi connectivity index (χ2v) is 3.57. The van der Waals surface area contributed by atoms with Gasteiger partial charge in [0.05, 0.1) is 6.42 Å². The highest BCUT2D eigenvalue weighted by atomic mass is 35.5. The molecule has 0 bridgehead atoms. The van der Waals surface area contributed by atoms with E-state index >= 15 is 0 Å². The van der Waals surface area contributed by atoms with Gasteiger partial charge in [0, 0.05) is 11.4 Å². The van der Waals surface area contributed by atoms with E-state index < -0.39 is 0 Å². The van der Waals surface area contributed by atoms with Gasteiger partial charge in [0.25, 0.3) is 0 Å². The van der Waals surface area contributed by atoms with Crippen molar-refractivity contribution in [2.24, 2.45) is 0 Å². The van der Waals surface area contributed by atoms with E-state index in [9.17, 15) is 4.79 Å².